The van der Waals surface area contributed by atoms with Gasteiger partial charge < -0.3 is 0 Å². The van der Waals surface area contributed by atoms with Gasteiger partial charge in [0.1, 0.15) is 0 Å². The van der Waals surface area contributed by atoms with Crippen molar-refractivity contribution in [3.8, 4) is 0 Å². The molecule has 0 fully saturated rings. The number of rotatable bonds is 4. The van der Waals surface area contributed by atoms with Crippen LogP contribution in [-0.2, 0) is 4.79 Å². The number of hydrogen-bond acceptors (Lipinski definition) is 6. The highest BCUT2D eigenvalue weighted by Crippen LogP contribution is 2.31. The number of aromatic nitrogens is 1. The largest absolute Gasteiger partial charge is 0.292 e. The number of fused-ring (bicyclic) bond motifs is 1. The molecule has 0 radical (unpaired) electrons. The van der Waals surface area contributed by atoms with Crippen molar-refractivity contribution < 1.29 is 4.79 Å². The van der Waals surface area contributed by atoms with Crippen molar-refractivity contribution in [3.63, 3.8) is 0 Å². The van der Waals surface area contributed by atoms with Crippen molar-refractivity contribution in [2.45, 2.75) is 11.3 Å². The van der Waals surface area contributed by atoms with Gasteiger partial charge in [-0.3, -0.25) is 10.2 Å². The van der Waals surface area contributed by atoms with Crippen molar-refractivity contribution in [1.29, 1.82) is 0 Å². The number of Topliss-reactive ketones (excluding diaryl/α,β-unsaturated/α-hetero) is 1. The molecule has 0 atom stereocenters. The van der Waals surface area contributed by atoms with Crippen LogP contribution >= 0.6 is 46.3 Å². The van der Waals surface area contributed by atoms with Gasteiger partial charge in [-0.15, -0.1) is 11.3 Å². The monoisotopic (exact) mass is 395 g/mol. The Balaban J connectivity index is 1.82. The van der Waals surface area contributed by atoms with Gasteiger partial charge in [0.05, 0.1) is 20.9 Å². The summed E-state index contributed by atoms with van der Waals surface area (Å²) in [6.45, 7) is 1.46. The predicted octanol–water partition coefficient (Wildman–Crippen LogP) is 5.71. The van der Waals surface area contributed by atoms with Crippen LogP contribution in [0, 0.1) is 0 Å². The van der Waals surface area contributed by atoms with Crippen LogP contribution < -0.4 is 5.43 Å². The maximum Gasteiger partial charge on any atom is 0.186 e. The van der Waals surface area contributed by atoms with Crippen molar-refractivity contribution in [2.75, 3.05) is 5.43 Å². The molecule has 24 heavy (non-hydrogen) atoms. The number of thioether (sulfide) groups is 1. The molecule has 4 nitrogen and oxygen atoms in total. The Hall–Kier alpha value is -1.60. The number of nitrogens with one attached hydrogen (secondary N) is 1. The molecule has 8 heteroatoms. The smallest absolute Gasteiger partial charge is 0.186 e. The standard InChI is InChI=1S/C16H11Cl2N3OS2/c1-9(22)15(21-20-12-7-6-10(17)8-11(12)18)24-16-19-13-4-2-3-5-14(13)23-16/h2-8,20H,1H3/b21-15+. The van der Waals surface area contributed by atoms with E-state index >= 15 is 0 Å². The molecular weight excluding hydrogens is 385 g/mol. The third kappa shape index (κ3) is 4.08. The molecule has 122 valence electrons. The number of thiazole rings is 1. The van der Waals surface area contributed by atoms with Crippen LogP contribution in [0.3, 0.4) is 0 Å². The van der Waals surface area contributed by atoms with Crippen molar-refractivity contribution in [2.24, 2.45) is 5.10 Å². The molecule has 0 aliphatic carbocycles. The summed E-state index contributed by atoms with van der Waals surface area (Å²) < 4.78 is 1.82. The van der Waals surface area contributed by atoms with Crippen LogP contribution in [0.25, 0.3) is 10.2 Å². The first-order valence-electron chi connectivity index (χ1n) is 6.86. The molecule has 1 heterocycles. The molecule has 0 spiro atoms. The second-order valence-electron chi connectivity index (χ2n) is 4.76. The first kappa shape index (κ1) is 17.2. The maximum absolute atomic E-state index is 11.9. The summed E-state index contributed by atoms with van der Waals surface area (Å²) in [5.74, 6) is -0.156. The molecule has 0 aliphatic rings. The Labute approximate surface area is 156 Å². The molecule has 0 unspecified atom stereocenters. The third-order valence-electron chi connectivity index (χ3n) is 2.97. The number of carbonyl (C=O) groups is 1. The quantitative estimate of drug-likeness (QED) is 0.266. The van der Waals surface area contributed by atoms with Crippen molar-refractivity contribution in [1.82, 2.24) is 4.98 Å². The van der Waals surface area contributed by atoms with E-state index in [2.05, 4.69) is 15.5 Å². The van der Waals surface area contributed by atoms with E-state index in [1.807, 2.05) is 24.3 Å². The number of ketones is 1. The minimum Gasteiger partial charge on any atom is -0.292 e. The zero-order valence-corrected chi connectivity index (χ0v) is 15.6. The lowest BCUT2D eigenvalue weighted by Crippen LogP contribution is -2.08. The van der Waals surface area contributed by atoms with Gasteiger partial charge >= 0.3 is 0 Å². The highest BCUT2D eigenvalue weighted by atomic mass is 35.5. The Morgan fingerprint density at radius 1 is 1.25 bits per heavy atom. The van der Waals surface area contributed by atoms with E-state index in [1.165, 1.54) is 30.0 Å². The van der Waals surface area contributed by atoms with Crippen LogP contribution in [-0.4, -0.2) is 15.8 Å². The Bertz CT molecular complexity index is 907. The number of hydrazone groups is 1. The molecule has 1 aromatic heterocycles. The summed E-state index contributed by atoms with van der Waals surface area (Å²) in [5.41, 5.74) is 4.29. The van der Waals surface area contributed by atoms with E-state index in [4.69, 9.17) is 23.2 Å². The van der Waals surface area contributed by atoms with E-state index < -0.39 is 0 Å². The highest BCUT2D eigenvalue weighted by Gasteiger charge is 2.13. The third-order valence-corrected chi connectivity index (χ3v) is 5.69. The molecule has 0 bridgehead atoms. The highest BCUT2D eigenvalue weighted by molar-refractivity contribution is 8.17. The van der Waals surface area contributed by atoms with Gasteiger partial charge in [-0.05, 0) is 42.1 Å². The first-order valence-corrected chi connectivity index (χ1v) is 9.25. The average Bonchev–Trinajstić information content (AvgIpc) is 2.95. The number of anilines is 1. The second-order valence-corrected chi connectivity index (χ2v) is 7.87. The lowest BCUT2D eigenvalue weighted by atomic mass is 10.3. The molecule has 3 aromatic rings. The lowest BCUT2D eigenvalue weighted by Gasteiger charge is -2.05. The topological polar surface area (TPSA) is 54.4 Å². The number of para-hydroxylation sites is 1. The maximum atomic E-state index is 11.9. The minimum atomic E-state index is -0.156. The van der Waals surface area contributed by atoms with Gasteiger partial charge in [0, 0.05) is 11.9 Å². The predicted molar refractivity (Wildman–Crippen MR) is 104 cm³/mol. The lowest BCUT2D eigenvalue weighted by molar-refractivity contribution is -0.110. The summed E-state index contributed by atoms with van der Waals surface area (Å²) >= 11 is 14.7. The molecule has 0 saturated heterocycles. The summed E-state index contributed by atoms with van der Waals surface area (Å²) in [4.78, 5) is 16.4. The van der Waals surface area contributed by atoms with Crippen molar-refractivity contribution in [3.05, 3.63) is 52.5 Å². The first-order chi connectivity index (χ1) is 11.5. The van der Waals surface area contributed by atoms with Crippen LogP contribution in [0.2, 0.25) is 10.0 Å². The van der Waals surface area contributed by atoms with Crippen molar-refractivity contribution >= 4 is 73.0 Å². The fraction of sp³-hybridized carbons (Fsp3) is 0.0625. The SMILES string of the molecule is CC(=O)/C(=N\Nc1ccc(Cl)cc1Cl)Sc1nc2ccccc2s1. The van der Waals surface area contributed by atoms with Crippen LogP contribution in [0.15, 0.2) is 51.9 Å². The average molecular weight is 396 g/mol. The Kier molecular flexibility index (Phi) is 5.40. The van der Waals surface area contributed by atoms with E-state index in [0.717, 1.165) is 14.6 Å². The van der Waals surface area contributed by atoms with E-state index in [1.54, 1.807) is 18.2 Å². The molecular formula is C16H11Cl2N3OS2. The van der Waals surface area contributed by atoms with Gasteiger partial charge in [0.25, 0.3) is 0 Å². The molecule has 0 saturated carbocycles. The zero-order valence-electron chi connectivity index (χ0n) is 12.4. The van der Waals surface area contributed by atoms with Gasteiger partial charge in [-0.25, -0.2) is 4.98 Å². The normalized spacial score (nSPS) is 11.7. The number of carbonyl (C=O) groups excluding carboxylic acids is 1. The fourth-order valence-corrected chi connectivity index (χ4v) is 4.21. The van der Waals surface area contributed by atoms with Gasteiger partial charge in [0.2, 0.25) is 0 Å². The number of benzene rings is 2. The molecule has 0 aliphatic heterocycles. The number of hydrogen-bond donors (Lipinski definition) is 1. The Morgan fingerprint density at radius 3 is 2.75 bits per heavy atom. The number of nitrogens with zero attached hydrogens (tertiary/aromatic N) is 2. The zero-order chi connectivity index (χ0) is 17.1. The molecule has 2 aromatic carbocycles. The minimum absolute atomic E-state index is 0.156. The molecule has 1 N–H and O–H groups in total. The summed E-state index contributed by atoms with van der Waals surface area (Å²) in [6, 6.07) is 12.8. The summed E-state index contributed by atoms with van der Waals surface area (Å²) in [7, 11) is 0. The van der Waals surface area contributed by atoms with Gasteiger partial charge in [-0.2, -0.15) is 5.10 Å². The van der Waals surface area contributed by atoms with Crippen LogP contribution in [0.4, 0.5) is 5.69 Å². The van der Waals surface area contributed by atoms with E-state index in [-0.39, 0.29) is 5.78 Å². The Morgan fingerprint density at radius 2 is 2.04 bits per heavy atom. The van der Waals surface area contributed by atoms with Gasteiger partial charge in [-0.1, -0.05) is 35.3 Å². The van der Waals surface area contributed by atoms with Crippen LogP contribution in [0.5, 0.6) is 0 Å². The number of halogens is 2. The van der Waals surface area contributed by atoms with Crippen LogP contribution in [0.1, 0.15) is 6.92 Å². The summed E-state index contributed by atoms with van der Waals surface area (Å²) in [5, 5.41) is 5.44. The van der Waals surface area contributed by atoms with E-state index in [0.29, 0.717) is 20.8 Å². The molecule has 0 amide bonds. The molecule has 3 rings (SSSR count). The summed E-state index contributed by atoms with van der Waals surface area (Å²) in [6.07, 6.45) is 0. The van der Waals surface area contributed by atoms with Gasteiger partial charge in [0.15, 0.2) is 15.2 Å². The second kappa shape index (κ2) is 7.53. The van der Waals surface area contributed by atoms with E-state index in [9.17, 15) is 4.79 Å². The fourth-order valence-electron chi connectivity index (χ4n) is 1.84.